The molecular formula is C44H72N2O8. The molecule has 306 valence electrons. The zero-order valence-corrected chi connectivity index (χ0v) is 34.7. The molecule has 0 aliphatic heterocycles. The molecule has 0 amide bonds. The highest BCUT2D eigenvalue weighted by molar-refractivity contribution is 5.77. The number of ether oxygens (including phenoxy) is 2. The fourth-order valence-electron chi connectivity index (χ4n) is 14.1. The minimum Gasteiger partial charge on any atom is -0.481 e. The molecule has 0 heterocycles. The molecule has 0 aromatic rings. The Morgan fingerprint density at radius 2 is 1.35 bits per heavy atom. The van der Waals surface area contributed by atoms with E-state index in [-0.39, 0.29) is 84.0 Å². The van der Waals surface area contributed by atoms with Gasteiger partial charge in [-0.3, -0.25) is 19.2 Å². The van der Waals surface area contributed by atoms with E-state index in [1.807, 2.05) is 0 Å². The molecule has 0 bridgehead atoms. The van der Waals surface area contributed by atoms with Gasteiger partial charge in [-0.25, -0.2) is 0 Å². The highest BCUT2D eigenvalue weighted by atomic mass is 16.5. The molecule has 5 rings (SSSR count). The van der Waals surface area contributed by atoms with Crippen LogP contribution in [0.25, 0.3) is 0 Å². The number of esters is 2. The molecule has 0 saturated heterocycles. The lowest BCUT2D eigenvalue weighted by Gasteiger charge is -2.73. The van der Waals surface area contributed by atoms with Crippen molar-refractivity contribution in [3.05, 3.63) is 12.2 Å². The van der Waals surface area contributed by atoms with E-state index in [4.69, 9.17) is 9.47 Å². The summed E-state index contributed by atoms with van der Waals surface area (Å²) in [6.07, 6.45) is 11.4. The molecule has 10 heteroatoms. The summed E-state index contributed by atoms with van der Waals surface area (Å²) in [5.41, 5.74) is 1.63. The van der Waals surface area contributed by atoms with Crippen LogP contribution in [0.3, 0.4) is 0 Å². The zero-order valence-electron chi connectivity index (χ0n) is 34.7. The Bertz CT molecular complexity index is 1430. The number of carbonyl (C=O) groups excluding carboxylic acids is 2. The van der Waals surface area contributed by atoms with Gasteiger partial charge in [0, 0.05) is 25.4 Å². The maximum absolute atomic E-state index is 13.0. The average molecular weight is 757 g/mol. The topological polar surface area (TPSA) is 151 Å². The standard InChI is InChI=1S/C44H72N2O8/c1-10-53-38(51)30(13-16-35(47)48)45-26-44-23-18-28(27(3)4)37(44)29-12-15-33-41(7)21-20-34(46-31(14-17-36(49)50)39(52)54-11-2)40(5,6)32(41)19-22-43(33,9)42(29,8)24-25-44/h28-34,37,45-46H,3,10-26H2,1-2,4-9H3,(H,47,48)(H,49,50)/t28-,29+,30?,31?,32-,33+,34-,37+,41-,42+,43+,44+/m0/s1. The second-order valence-electron chi connectivity index (χ2n) is 19.5. The number of aliphatic carboxylic acids is 2. The number of carboxylic acids is 2. The predicted octanol–water partition coefficient (Wildman–Crippen LogP) is 7.78. The van der Waals surface area contributed by atoms with Crippen LogP contribution < -0.4 is 10.6 Å². The van der Waals surface area contributed by atoms with Gasteiger partial charge in [-0.2, -0.15) is 0 Å². The van der Waals surface area contributed by atoms with Crippen LogP contribution in [0, 0.1) is 56.7 Å². The lowest BCUT2D eigenvalue weighted by molar-refractivity contribution is -0.239. The lowest BCUT2D eigenvalue weighted by Crippen LogP contribution is -2.68. The molecule has 5 saturated carbocycles. The minimum absolute atomic E-state index is 0.0217. The van der Waals surface area contributed by atoms with E-state index < -0.39 is 24.0 Å². The zero-order chi connectivity index (χ0) is 39.9. The number of rotatable bonds is 16. The largest absolute Gasteiger partial charge is 0.481 e. The molecule has 0 aromatic heterocycles. The van der Waals surface area contributed by atoms with Crippen molar-refractivity contribution in [2.45, 2.75) is 163 Å². The molecule has 5 aliphatic carbocycles. The van der Waals surface area contributed by atoms with Gasteiger partial charge in [0.05, 0.1) is 13.2 Å². The Kier molecular flexibility index (Phi) is 12.8. The van der Waals surface area contributed by atoms with E-state index >= 15 is 0 Å². The van der Waals surface area contributed by atoms with Crippen molar-refractivity contribution in [2.75, 3.05) is 19.8 Å². The fraction of sp³-hybridized carbons (Fsp3) is 0.864. The van der Waals surface area contributed by atoms with Crippen molar-refractivity contribution in [1.82, 2.24) is 10.6 Å². The van der Waals surface area contributed by atoms with Crippen molar-refractivity contribution in [3.8, 4) is 0 Å². The predicted molar refractivity (Wildman–Crippen MR) is 208 cm³/mol. The van der Waals surface area contributed by atoms with Crippen LogP contribution in [0.15, 0.2) is 12.2 Å². The number of carboxylic acid groups (broad SMARTS) is 2. The molecule has 2 unspecified atom stereocenters. The van der Waals surface area contributed by atoms with Crippen LogP contribution in [-0.4, -0.2) is 72.0 Å². The van der Waals surface area contributed by atoms with Crippen LogP contribution >= 0.6 is 0 Å². The number of fused-ring (bicyclic) bond motifs is 7. The van der Waals surface area contributed by atoms with Crippen molar-refractivity contribution < 1.29 is 38.9 Å². The van der Waals surface area contributed by atoms with Crippen LogP contribution in [0.4, 0.5) is 0 Å². The summed E-state index contributed by atoms with van der Waals surface area (Å²) in [4.78, 5) is 49.0. The summed E-state index contributed by atoms with van der Waals surface area (Å²) in [5, 5.41) is 26.1. The van der Waals surface area contributed by atoms with Gasteiger partial charge in [0.25, 0.3) is 0 Å². The highest BCUT2D eigenvalue weighted by Gasteiger charge is 2.71. The molecule has 0 radical (unpaired) electrons. The normalized spacial score (nSPS) is 39.1. The summed E-state index contributed by atoms with van der Waals surface area (Å²) in [6, 6.07) is -1.18. The molecule has 12 atom stereocenters. The van der Waals surface area contributed by atoms with E-state index in [1.165, 1.54) is 18.4 Å². The van der Waals surface area contributed by atoms with Crippen molar-refractivity contribution in [1.29, 1.82) is 0 Å². The number of hydrogen-bond donors (Lipinski definition) is 4. The molecule has 5 aliphatic rings. The first kappa shape index (κ1) is 42.7. The van der Waals surface area contributed by atoms with Gasteiger partial charge in [-0.15, -0.1) is 0 Å². The molecule has 4 N–H and O–H groups in total. The molecule has 10 nitrogen and oxygen atoms in total. The quantitative estimate of drug-likeness (QED) is 0.0908. The Labute approximate surface area is 324 Å². The number of allylic oxidation sites excluding steroid dienone is 1. The van der Waals surface area contributed by atoms with Gasteiger partial charge >= 0.3 is 23.9 Å². The average Bonchev–Trinajstić information content (AvgIpc) is 3.48. The third-order valence-electron chi connectivity index (χ3n) is 16.8. The number of carbonyl (C=O) groups is 4. The van der Waals surface area contributed by atoms with E-state index in [1.54, 1.807) is 13.8 Å². The number of hydrogen-bond acceptors (Lipinski definition) is 8. The molecule has 5 fully saturated rings. The second kappa shape index (κ2) is 16.2. The minimum atomic E-state index is -0.906. The summed E-state index contributed by atoms with van der Waals surface area (Å²) >= 11 is 0. The molecule has 0 spiro atoms. The van der Waals surface area contributed by atoms with Crippen LogP contribution in [0.5, 0.6) is 0 Å². The van der Waals surface area contributed by atoms with Gasteiger partial charge in [-0.1, -0.05) is 46.8 Å². The van der Waals surface area contributed by atoms with Gasteiger partial charge in [0.1, 0.15) is 12.1 Å². The van der Waals surface area contributed by atoms with Crippen molar-refractivity contribution in [2.24, 2.45) is 56.7 Å². The monoisotopic (exact) mass is 757 g/mol. The second-order valence-corrected chi connectivity index (χ2v) is 19.5. The van der Waals surface area contributed by atoms with E-state index in [9.17, 15) is 29.4 Å². The number of nitrogens with one attached hydrogen (secondary N) is 2. The van der Waals surface area contributed by atoms with Crippen LogP contribution in [0.2, 0.25) is 0 Å². The Morgan fingerprint density at radius 3 is 1.94 bits per heavy atom. The molecule has 54 heavy (non-hydrogen) atoms. The maximum atomic E-state index is 13.0. The van der Waals surface area contributed by atoms with E-state index in [0.717, 1.165) is 51.4 Å². The third kappa shape index (κ3) is 7.53. The van der Waals surface area contributed by atoms with Gasteiger partial charge in [-0.05, 0) is 154 Å². The Hall–Kier alpha value is -2.46. The lowest BCUT2D eigenvalue weighted by atomic mass is 9.32. The van der Waals surface area contributed by atoms with Gasteiger partial charge in [0.2, 0.25) is 0 Å². The highest BCUT2D eigenvalue weighted by Crippen LogP contribution is 2.77. The SMILES string of the molecule is C=C(C)[C@@H]1CC[C@]2(CNC(CCC(=O)O)C(=O)OCC)CC[C@]3(C)[C@H](CC[C@@H]4[C@@]5(C)CC[C@H](NC(CCC(=O)O)C(=O)OCC)C(C)(C)[C@@H]5CC[C@]43C)[C@@H]12. The first-order chi connectivity index (χ1) is 25.3. The fourth-order valence-corrected chi connectivity index (χ4v) is 14.1. The maximum Gasteiger partial charge on any atom is 0.323 e. The first-order valence-corrected chi connectivity index (χ1v) is 21.2. The Morgan fingerprint density at radius 1 is 0.741 bits per heavy atom. The van der Waals surface area contributed by atoms with E-state index in [2.05, 4.69) is 58.8 Å². The third-order valence-corrected chi connectivity index (χ3v) is 16.8. The summed E-state index contributed by atoms with van der Waals surface area (Å²) < 4.78 is 10.8. The van der Waals surface area contributed by atoms with Crippen molar-refractivity contribution in [3.63, 3.8) is 0 Å². The van der Waals surface area contributed by atoms with Gasteiger partial charge in [0.15, 0.2) is 0 Å². The van der Waals surface area contributed by atoms with E-state index in [0.29, 0.717) is 36.1 Å². The summed E-state index contributed by atoms with van der Waals surface area (Å²) in [7, 11) is 0. The first-order valence-electron chi connectivity index (χ1n) is 21.2. The van der Waals surface area contributed by atoms with Crippen LogP contribution in [-0.2, 0) is 28.7 Å². The molecular weight excluding hydrogens is 684 g/mol. The summed E-state index contributed by atoms with van der Waals surface area (Å²) in [5.74, 6) is -0.0821. The van der Waals surface area contributed by atoms with Crippen molar-refractivity contribution >= 4 is 23.9 Å². The summed E-state index contributed by atoms with van der Waals surface area (Å²) in [6.45, 7) is 24.1. The smallest absolute Gasteiger partial charge is 0.323 e. The van der Waals surface area contributed by atoms with Crippen LogP contribution in [0.1, 0.15) is 145 Å². The Balaban J connectivity index is 1.40. The van der Waals surface area contributed by atoms with Gasteiger partial charge < -0.3 is 30.3 Å². The molecule has 0 aromatic carbocycles.